The Morgan fingerprint density at radius 3 is 2.00 bits per heavy atom. The summed E-state index contributed by atoms with van der Waals surface area (Å²) >= 11 is 0. The molecule has 1 unspecified atom stereocenters. The number of carbonyl (C=O) groups is 1. The highest BCUT2D eigenvalue weighted by Gasteiger charge is 2.27. The number of amides is 1. The number of rotatable bonds is 6. The Hall–Kier alpha value is -2.14. The van der Waals surface area contributed by atoms with E-state index in [1.807, 2.05) is 36.4 Å². The first-order valence-corrected chi connectivity index (χ1v) is 8.78. The Morgan fingerprint density at radius 2 is 1.45 bits per heavy atom. The van der Waals surface area contributed by atoms with E-state index in [0.717, 1.165) is 5.56 Å². The van der Waals surface area contributed by atoms with E-state index in [4.69, 9.17) is 0 Å². The molecule has 5 heteroatoms. The Balaban J connectivity index is 1.97. The average Bonchev–Trinajstić information content (AvgIpc) is 2.53. The van der Waals surface area contributed by atoms with Crippen LogP contribution in [0.2, 0.25) is 0 Å². The normalized spacial score (nSPS) is 12.6. The highest BCUT2D eigenvalue weighted by Crippen LogP contribution is 2.11. The molecule has 1 atom stereocenters. The SMILES string of the molecule is CC(C(=O)NCc1ccccc1)S(=O)(=O)Cc1ccccc1. The molecule has 1 N–H and O–H groups in total. The quantitative estimate of drug-likeness (QED) is 0.889. The molecule has 2 aromatic rings. The molecule has 0 radical (unpaired) electrons. The maximum Gasteiger partial charge on any atom is 0.238 e. The third-order valence-corrected chi connectivity index (χ3v) is 5.46. The Kier molecular flexibility index (Phi) is 5.33. The van der Waals surface area contributed by atoms with Crippen LogP contribution in [-0.4, -0.2) is 19.6 Å². The van der Waals surface area contributed by atoms with Crippen LogP contribution in [0.3, 0.4) is 0 Å². The first-order valence-electron chi connectivity index (χ1n) is 7.06. The van der Waals surface area contributed by atoms with Crippen LogP contribution in [0.25, 0.3) is 0 Å². The maximum absolute atomic E-state index is 12.3. The number of nitrogens with one attached hydrogen (secondary N) is 1. The molecule has 22 heavy (non-hydrogen) atoms. The summed E-state index contributed by atoms with van der Waals surface area (Å²) in [6, 6.07) is 18.3. The topological polar surface area (TPSA) is 63.2 Å². The summed E-state index contributed by atoms with van der Waals surface area (Å²) in [7, 11) is -3.53. The average molecular weight is 317 g/mol. The molecule has 0 aromatic heterocycles. The van der Waals surface area contributed by atoms with Gasteiger partial charge in [-0.1, -0.05) is 60.7 Å². The van der Waals surface area contributed by atoms with Crippen molar-refractivity contribution in [2.75, 3.05) is 0 Å². The molecule has 0 heterocycles. The van der Waals surface area contributed by atoms with Gasteiger partial charge in [0.05, 0.1) is 5.75 Å². The smallest absolute Gasteiger partial charge is 0.238 e. The lowest BCUT2D eigenvalue weighted by Gasteiger charge is -2.13. The molecule has 0 aliphatic heterocycles. The van der Waals surface area contributed by atoms with Crippen LogP contribution in [0.5, 0.6) is 0 Å². The molecule has 0 saturated heterocycles. The van der Waals surface area contributed by atoms with Crippen molar-refractivity contribution < 1.29 is 13.2 Å². The van der Waals surface area contributed by atoms with E-state index in [1.54, 1.807) is 24.3 Å². The van der Waals surface area contributed by atoms with Gasteiger partial charge in [0.1, 0.15) is 5.25 Å². The summed E-state index contributed by atoms with van der Waals surface area (Å²) < 4.78 is 24.6. The van der Waals surface area contributed by atoms with E-state index in [1.165, 1.54) is 6.92 Å². The van der Waals surface area contributed by atoms with Gasteiger partial charge in [0.25, 0.3) is 0 Å². The predicted molar refractivity (Wildman–Crippen MR) is 86.8 cm³/mol. The van der Waals surface area contributed by atoms with E-state index in [-0.39, 0.29) is 5.75 Å². The first-order chi connectivity index (χ1) is 10.5. The number of hydrogen-bond donors (Lipinski definition) is 1. The highest BCUT2D eigenvalue weighted by atomic mass is 32.2. The van der Waals surface area contributed by atoms with Gasteiger partial charge in [-0.25, -0.2) is 8.42 Å². The lowest BCUT2D eigenvalue weighted by Crippen LogP contribution is -2.38. The molecule has 4 nitrogen and oxygen atoms in total. The predicted octanol–water partition coefficient (Wildman–Crippen LogP) is 2.31. The van der Waals surface area contributed by atoms with E-state index < -0.39 is 21.0 Å². The van der Waals surface area contributed by atoms with Crippen molar-refractivity contribution in [3.63, 3.8) is 0 Å². The highest BCUT2D eigenvalue weighted by molar-refractivity contribution is 7.92. The summed E-state index contributed by atoms with van der Waals surface area (Å²) in [5.41, 5.74) is 1.62. The van der Waals surface area contributed by atoms with Crippen LogP contribution in [0.1, 0.15) is 18.1 Å². The van der Waals surface area contributed by atoms with Crippen molar-refractivity contribution in [1.82, 2.24) is 5.32 Å². The molecule has 0 fully saturated rings. The van der Waals surface area contributed by atoms with Gasteiger partial charge in [0.2, 0.25) is 5.91 Å². The molecule has 116 valence electrons. The van der Waals surface area contributed by atoms with Gasteiger partial charge in [-0.05, 0) is 18.1 Å². The van der Waals surface area contributed by atoms with E-state index in [9.17, 15) is 13.2 Å². The molecule has 2 aromatic carbocycles. The van der Waals surface area contributed by atoms with Crippen LogP contribution < -0.4 is 5.32 Å². The molecule has 1 amide bonds. The van der Waals surface area contributed by atoms with Crippen molar-refractivity contribution in [3.8, 4) is 0 Å². The van der Waals surface area contributed by atoms with Gasteiger partial charge in [-0.3, -0.25) is 4.79 Å². The Labute approximate surface area is 131 Å². The van der Waals surface area contributed by atoms with Gasteiger partial charge in [-0.15, -0.1) is 0 Å². The minimum atomic E-state index is -3.53. The summed E-state index contributed by atoms with van der Waals surface area (Å²) in [6.45, 7) is 1.75. The number of carbonyl (C=O) groups excluding carboxylic acids is 1. The first kappa shape index (κ1) is 16.2. The summed E-state index contributed by atoms with van der Waals surface area (Å²) in [6.07, 6.45) is 0. The largest absolute Gasteiger partial charge is 0.351 e. The minimum Gasteiger partial charge on any atom is -0.351 e. The van der Waals surface area contributed by atoms with Crippen LogP contribution >= 0.6 is 0 Å². The van der Waals surface area contributed by atoms with Crippen molar-refractivity contribution >= 4 is 15.7 Å². The molecule has 0 saturated carbocycles. The van der Waals surface area contributed by atoms with Crippen LogP contribution in [0.4, 0.5) is 0 Å². The fraction of sp³-hybridized carbons (Fsp3) is 0.235. The monoisotopic (exact) mass is 317 g/mol. The minimum absolute atomic E-state index is 0.131. The molecule has 0 bridgehead atoms. The Bertz CT molecular complexity index is 712. The van der Waals surface area contributed by atoms with E-state index >= 15 is 0 Å². The second-order valence-corrected chi connectivity index (χ2v) is 7.46. The van der Waals surface area contributed by atoms with Crippen LogP contribution in [0, 0.1) is 0 Å². The van der Waals surface area contributed by atoms with Gasteiger partial charge < -0.3 is 5.32 Å². The lowest BCUT2D eigenvalue weighted by atomic mass is 10.2. The third kappa shape index (κ3) is 4.43. The zero-order valence-electron chi connectivity index (χ0n) is 12.4. The van der Waals surface area contributed by atoms with E-state index in [0.29, 0.717) is 12.1 Å². The number of hydrogen-bond acceptors (Lipinski definition) is 3. The zero-order chi connectivity index (χ0) is 16.0. The fourth-order valence-electron chi connectivity index (χ4n) is 2.02. The molecule has 2 rings (SSSR count). The number of benzene rings is 2. The van der Waals surface area contributed by atoms with Crippen molar-refractivity contribution in [1.29, 1.82) is 0 Å². The van der Waals surface area contributed by atoms with Gasteiger partial charge in [-0.2, -0.15) is 0 Å². The summed E-state index contributed by atoms with van der Waals surface area (Å²) in [5.74, 6) is -0.604. The van der Waals surface area contributed by atoms with Crippen molar-refractivity contribution in [3.05, 3.63) is 71.8 Å². The van der Waals surface area contributed by atoms with E-state index in [2.05, 4.69) is 5.32 Å². The van der Waals surface area contributed by atoms with Crippen LogP contribution in [0.15, 0.2) is 60.7 Å². The maximum atomic E-state index is 12.3. The lowest BCUT2D eigenvalue weighted by molar-refractivity contribution is -0.120. The van der Waals surface area contributed by atoms with Gasteiger partial charge in [0, 0.05) is 6.54 Å². The molecular formula is C17H19NO3S. The Morgan fingerprint density at radius 1 is 0.955 bits per heavy atom. The molecule has 0 aliphatic carbocycles. The van der Waals surface area contributed by atoms with Crippen molar-refractivity contribution in [2.24, 2.45) is 0 Å². The number of sulfone groups is 1. The van der Waals surface area contributed by atoms with Crippen molar-refractivity contribution in [2.45, 2.75) is 24.5 Å². The third-order valence-electron chi connectivity index (χ3n) is 3.43. The van der Waals surface area contributed by atoms with Crippen LogP contribution in [-0.2, 0) is 26.9 Å². The second-order valence-electron chi connectivity index (χ2n) is 5.14. The van der Waals surface area contributed by atoms with Gasteiger partial charge in [0.15, 0.2) is 9.84 Å². The summed E-state index contributed by atoms with van der Waals surface area (Å²) in [5, 5.41) is 1.60. The standard InChI is InChI=1S/C17H19NO3S/c1-14(17(19)18-12-15-8-4-2-5-9-15)22(20,21)13-16-10-6-3-7-11-16/h2-11,14H,12-13H2,1H3,(H,18,19). The fourth-order valence-corrected chi connectivity index (χ4v) is 3.34. The zero-order valence-corrected chi connectivity index (χ0v) is 13.2. The summed E-state index contributed by atoms with van der Waals surface area (Å²) in [4.78, 5) is 12.1. The van der Waals surface area contributed by atoms with Gasteiger partial charge >= 0.3 is 0 Å². The second kappa shape index (κ2) is 7.22. The molecule has 0 aliphatic rings. The molecular weight excluding hydrogens is 298 g/mol. The molecule has 0 spiro atoms.